The topological polar surface area (TPSA) is 40.7 Å². The van der Waals surface area contributed by atoms with Crippen LogP contribution < -0.4 is 5.32 Å². The molecule has 0 spiro atoms. The molecule has 0 amide bonds. The maximum absolute atomic E-state index is 4.65. The molecule has 1 unspecified atom stereocenters. The fourth-order valence-electron chi connectivity index (χ4n) is 2.76. The third kappa shape index (κ3) is 2.27. The lowest BCUT2D eigenvalue weighted by molar-refractivity contribution is 0.627. The van der Waals surface area contributed by atoms with E-state index in [4.69, 9.17) is 0 Å². The number of aromatic nitrogens is 2. The van der Waals surface area contributed by atoms with Crippen molar-refractivity contribution in [2.24, 2.45) is 5.92 Å². The van der Waals surface area contributed by atoms with Crippen molar-refractivity contribution in [2.75, 3.05) is 13.1 Å². The molecule has 3 rings (SSSR count). The van der Waals surface area contributed by atoms with E-state index in [0.29, 0.717) is 11.8 Å². The molecule has 1 aromatic carbocycles. The first-order valence-corrected chi connectivity index (χ1v) is 6.91. The van der Waals surface area contributed by atoms with Crippen LogP contribution in [-0.2, 0) is 6.42 Å². The predicted octanol–water partition coefficient (Wildman–Crippen LogP) is 2.84. The summed E-state index contributed by atoms with van der Waals surface area (Å²) in [6, 6.07) is 6.67. The van der Waals surface area contributed by atoms with Crippen molar-refractivity contribution in [1.29, 1.82) is 0 Å². The first-order chi connectivity index (χ1) is 8.72. The van der Waals surface area contributed by atoms with Crippen LogP contribution in [0.2, 0.25) is 0 Å². The molecule has 2 heterocycles. The fourth-order valence-corrected chi connectivity index (χ4v) is 2.76. The Hall–Kier alpha value is -1.35. The monoisotopic (exact) mass is 243 g/mol. The normalized spacial score (nSPS) is 20.1. The Morgan fingerprint density at radius 3 is 3.00 bits per heavy atom. The molecule has 0 aliphatic carbocycles. The van der Waals surface area contributed by atoms with Crippen LogP contribution in [0.4, 0.5) is 0 Å². The van der Waals surface area contributed by atoms with Gasteiger partial charge in [-0.3, -0.25) is 0 Å². The van der Waals surface area contributed by atoms with Crippen LogP contribution >= 0.6 is 0 Å². The molecular weight excluding hydrogens is 222 g/mol. The number of nitrogens with zero attached hydrogens (tertiary/aromatic N) is 1. The van der Waals surface area contributed by atoms with E-state index in [1.165, 1.54) is 17.5 Å². The van der Waals surface area contributed by atoms with Gasteiger partial charge in [-0.25, -0.2) is 4.98 Å². The summed E-state index contributed by atoms with van der Waals surface area (Å²) in [6.45, 7) is 6.70. The van der Waals surface area contributed by atoms with Gasteiger partial charge >= 0.3 is 0 Å². The van der Waals surface area contributed by atoms with E-state index in [0.717, 1.165) is 30.9 Å². The zero-order valence-electron chi connectivity index (χ0n) is 11.2. The quantitative estimate of drug-likeness (QED) is 0.870. The summed E-state index contributed by atoms with van der Waals surface area (Å²) in [5.41, 5.74) is 3.72. The van der Waals surface area contributed by atoms with Gasteiger partial charge in [-0.05, 0) is 42.5 Å². The van der Waals surface area contributed by atoms with Gasteiger partial charge in [0.05, 0.1) is 11.0 Å². The van der Waals surface area contributed by atoms with Gasteiger partial charge in [0.2, 0.25) is 0 Å². The SMILES string of the molecule is CC(C)Cc1nc2ccc(C3CCNC3)cc2[nH]1. The number of H-pyrrole nitrogens is 1. The molecule has 1 aromatic heterocycles. The number of rotatable bonds is 3. The third-order valence-corrected chi connectivity index (χ3v) is 3.69. The number of fused-ring (bicyclic) bond motifs is 1. The fraction of sp³-hybridized carbons (Fsp3) is 0.533. The van der Waals surface area contributed by atoms with Gasteiger partial charge < -0.3 is 10.3 Å². The molecule has 0 bridgehead atoms. The Labute approximate surface area is 108 Å². The number of nitrogens with one attached hydrogen (secondary N) is 2. The van der Waals surface area contributed by atoms with Crippen molar-refractivity contribution in [1.82, 2.24) is 15.3 Å². The van der Waals surface area contributed by atoms with Crippen LogP contribution in [0.15, 0.2) is 18.2 Å². The third-order valence-electron chi connectivity index (χ3n) is 3.69. The first kappa shape index (κ1) is 11.7. The number of benzene rings is 1. The minimum absolute atomic E-state index is 0.643. The largest absolute Gasteiger partial charge is 0.342 e. The standard InChI is InChI=1S/C15H21N3/c1-10(2)7-15-17-13-4-3-11(8-14(13)18-15)12-5-6-16-9-12/h3-4,8,10,12,16H,5-7,9H2,1-2H3,(H,17,18). The van der Waals surface area contributed by atoms with Crippen LogP contribution in [-0.4, -0.2) is 23.1 Å². The lowest BCUT2D eigenvalue weighted by Gasteiger charge is -2.07. The molecular formula is C15H21N3. The molecule has 2 aromatic rings. The molecule has 96 valence electrons. The molecule has 3 nitrogen and oxygen atoms in total. The second kappa shape index (κ2) is 4.73. The Bertz CT molecular complexity index is 536. The number of hydrogen-bond acceptors (Lipinski definition) is 2. The Kier molecular flexibility index (Phi) is 3.08. The Morgan fingerprint density at radius 2 is 2.28 bits per heavy atom. The molecule has 1 aliphatic heterocycles. The lowest BCUT2D eigenvalue weighted by atomic mass is 9.98. The van der Waals surface area contributed by atoms with Gasteiger partial charge in [0.25, 0.3) is 0 Å². The van der Waals surface area contributed by atoms with Crippen LogP contribution in [0.3, 0.4) is 0 Å². The highest BCUT2D eigenvalue weighted by atomic mass is 14.9. The van der Waals surface area contributed by atoms with E-state index in [-0.39, 0.29) is 0 Å². The molecule has 18 heavy (non-hydrogen) atoms. The van der Waals surface area contributed by atoms with Crippen LogP contribution in [0, 0.1) is 5.92 Å². The van der Waals surface area contributed by atoms with Crippen molar-refractivity contribution in [2.45, 2.75) is 32.6 Å². The van der Waals surface area contributed by atoms with Crippen molar-refractivity contribution >= 4 is 11.0 Å². The van der Waals surface area contributed by atoms with Crippen LogP contribution in [0.1, 0.15) is 37.6 Å². The van der Waals surface area contributed by atoms with Gasteiger partial charge in [-0.1, -0.05) is 19.9 Å². The smallest absolute Gasteiger partial charge is 0.107 e. The lowest BCUT2D eigenvalue weighted by Crippen LogP contribution is -2.07. The molecule has 2 N–H and O–H groups in total. The number of imidazole rings is 1. The minimum atomic E-state index is 0.643. The second-order valence-corrected chi connectivity index (χ2v) is 5.75. The van der Waals surface area contributed by atoms with Crippen molar-refractivity contribution < 1.29 is 0 Å². The maximum Gasteiger partial charge on any atom is 0.107 e. The summed E-state index contributed by atoms with van der Waals surface area (Å²) < 4.78 is 0. The van der Waals surface area contributed by atoms with E-state index in [9.17, 15) is 0 Å². The molecule has 1 aliphatic rings. The maximum atomic E-state index is 4.65. The van der Waals surface area contributed by atoms with Gasteiger partial charge in [0.1, 0.15) is 5.82 Å². The summed E-state index contributed by atoms with van der Waals surface area (Å²) >= 11 is 0. The summed E-state index contributed by atoms with van der Waals surface area (Å²) in [4.78, 5) is 8.11. The van der Waals surface area contributed by atoms with E-state index >= 15 is 0 Å². The van der Waals surface area contributed by atoms with E-state index < -0.39 is 0 Å². The second-order valence-electron chi connectivity index (χ2n) is 5.75. The van der Waals surface area contributed by atoms with E-state index in [1.807, 2.05) is 0 Å². The Balaban J connectivity index is 1.91. The minimum Gasteiger partial charge on any atom is -0.342 e. The molecule has 1 atom stereocenters. The van der Waals surface area contributed by atoms with E-state index in [2.05, 4.69) is 47.3 Å². The molecule has 3 heteroatoms. The zero-order valence-corrected chi connectivity index (χ0v) is 11.2. The summed E-state index contributed by atoms with van der Waals surface area (Å²) in [5.74, 6) is 2.43. The highest BCUT2D eigenvalue weighted by molar-refractivity contribution is 5.76. The van der Waals surface area contributed by atoms with Crippen molar-refractivity contribution in [3.05, 3.63) is 29.6 Å². The molecule has 1 saturated heterocycles. The highest BCUT2D eigenvalue weighted by Crippen LogP contribution is 2.25. The highest BCUT2D eigenvalue weighted by Gasteiger charge is 2.17. The molecule has 0 saturated carbocycles. The van der Waals surface area contributed by atoms with Gasteiger partial charge in [-0.15, -0.1) is 0 Å². The number of aromatic amines is 1. The van der Waals surface area contributed by atoms with Crippen LogP contribution in [0.25, 0.3) is 11.0 Å². The van der Waals surface area contributed by atoms with Gasteiger partial charge in [-0.2, -0.15) is 0 Å². The zero-order chi connectivity index (χ0) is 12.5. The Morgan fingerprint density at radius 1 is 1.39 bits per heavy atom. The van der Waals surface area contributed by atoms with Gasteiger partial charge in [0, 0.05) is 13.0 Å². The predicted molar refractivity (Wildman–Crippen MR) is 74.9 cm³/mol. The van der Waals surface area contributed by atoms with Crippen LogP contribution in [0.5, 0.6) is 0 Å². The summed E-state index contributed by atoms with van der Waals surface area (Å²) in [5, 5.41) is 3.42. The molecule has 1 fully saturated rings. The first-order valence-electron chi connectivity index (χ1n) is 6.91. The summed E-state index contributed by atoms with van der Waals surface area (Å²) in [6.07, 6.45) is 2.27. The summed E-state index contributed by atoms with van der Waals surface area (Å²) in [7, 11) is 0. The van der Waals surface area contributed by atoms with Crippen molar-refractivity contribution in [3.63, 3.8) is 0 Å². The van der Waals surface area contributed by atoms with Gasteiger partial charge in [0.15, 0.2) is 0 Å². The average molecular weight is 243 g/mol. The van der Waals surface area contributed by atoms with E-state index in [1.54, 1.807) is 0 Å². The average Bonchev–Trinajstić information content (AvgIpc) is 2.94. The number of hydrogen-bond donors (Lipinski definition) is 2. The molecule has 0 radical (unpaired) electrons. The van der Waals surface area contributed by atoms with Crippen molar-refractivity contribution in [3.8, 4) is 0 Å².